The van der Waals surface area contributed by atoms with Crippen molar-refractivity contribution in [3.8, 4) is 0 Å². The molecule has 96 valence electrons. The molecule has 0 aromatic heterocycles. The summed E-state index contributed by atoms with van der Waals surface area (Å²) in [4.78, 5) is 2.63. The molecule has 0 unspecified atom stereocenters. The molecule has 0 saturated carbocycles. The summed E-state index contributed by atoms with van der Waals surface area (Å²) >= 11 is 0. The Hall–Kier alpha value is -0.300. The normalized spacial score (nSPS) is 12.4. The summed E-state index contributed by atoms with van der Waals surface area (Å²) in [7, 11) is 0. The highest BCUT2D eigenvalue weighted by Crippen LogP contribution is 2.05. The molecule has 0 saturated heterocycles. The van der Waals surface area contributed by atoms with Crippen LogP contribution in [0.5, 0.6) is 0 Å². The molecule has 0 aliphatic rings. The summed E-state index contributed by atoms with van der Waals surface area (Å²) in [5.74, 6) is 0. The van der Waals surface area contributed by atoms with Gasteiger partial charge in [-0.05, 0) is 39.8 Å². The van der Waals surface area contributed by atoms with Crippen molar-refractivity contribution in [3.05, 3.63) is 11.6 Å². The molecular weight excluding hydrogens is 194 g/mol. The first kappa shape index (κ1) is 15.7. The Morgan fingerprint density at radius 1 is 0.938 bits per heavy atom. The van der Waals surface area contributed by atoms with Crippen LogP contribution in [-0.2, 0) is 0 Å². The predicted octanol–water partition coefficient (Wildman–Crippen LogP) is 4.64. The zero-order valence-electron chi connectivity index (χ0n) is 11.9. The molecule has 0 aromatic carbocycles. The third-order valence-corrected chi connectivity index (χ3v) is 3.12. The second-order valence-electron chi connectivity index (χ2n) is 4.83. The standard InChI is InChI=1S/C15H31N/c1-5-8-10-12-16(13-11-9-6-2)14-15(4)7-3/h7H,5-6,8-14H2,1-4H3/b15-7+. The number of unbranched alkanes of at least 4 members (excludes halogenated alkanes) is 4. The lowest BCUT2D eigenvalue weighted by molar-refractivity contribution is 0.282. The van der Waals surface area contributed by atoms with Gasteiger partial charge in [0, 0.05) is 6.54 Å². The van der Waals surface area contributed by atoms with E-state index in [0.717, 1.165) is 0 Å². The molecule has 0 fully saturated rings. The molecule has 0 N–H and O–H groups in total. The minimum atomic E-state index is 1.17. The van der Waals surface area contributed by atoms with E-state index < -0.39 is 0 Å². The molecule has 16 heavy (non-hydrogen) atoms. The van der Waals surface area contributed by atoms with Crippen molar-refractivity contribution < 1.29 is 0 Å². The third-order valence-electron chi connectivity index (χ3n) is 3.12. The van der Waals surface area contributed by atoms with Gasteiger partial charge in [-0.25, -0.2) is 0 Å². The van der Waals surface area contributed by atoms with Gasteiger partial charge in [-0.3, -0.25) is 4.90 Å². The molecule has 0 spiro atoms. The van der Waals surface area contributed by atoms with Crippen molar-refractivity contribution in [2.45, 2.75) is 66.2 Å². The van der Waals surface area contributed by atoms with Crippen LogP contribution in [0, 0.1) is 0 Å². The van der Waals surface area contributed by atoms with Crippen LogP contribution in [0.25, 0.3) is 0 Å². The Labute approximate surface area is 103 Å². The van der Waals surface area contributed by atoms with Gasteiger partial charge in [0.2, 0.25) is 0 Å². The van der Waals surface area contributed by atoms with E-state index in [1.165, 1.54) is 63.7 Å². The summed E-state index contributed by atoms with van der Waals surface area (Å²) in [6.07, 6.45) is 10.4. The molecule has 0 aliphatic carbocycles. The number of hydrogen-bond donors (Lipinski definition) is 0. The lowest BCUT2D eigenvalue weighted by Gasteiger charge is -2.22. The first-order valence-corrected chi connectivity index (χ1v) is 7.08. The van der Waals surface area contributed by atoms with E-state index in [9.17, 15) is 0 Å². The van der Waals surface area contributed by atoms with Gasteiger partial charge >= 0.3 is 0 Å². The van der Waals surface area contributed by atoms with Gasteiger partial charge in [0.15, 0.2) is 0 Å². The van der Waals surface area contributed by atoms with Gasteiger partial charge in [0.1, 0.15) is 0 Å². The smallest absolute Gasteiger partial charge is 0.0189 e. The van der Waals surface area contributed by atoms with E-state index in [2.05, 4.69) is 38.7 Å². The maximum Gasteiger partial charge on any atom is 0.0189 e. The second-order valence-corrected chi connectivity index (χ2v) is 4.83. The van der Waals surface area contributed by atoms with Crippen LogP contribution >= 0.6 is 0 Å². The third kappa shape index (κ3) is 8.96. The summed E-state index contributed by atoms with van der Waals surface area (Å²) in [5.41, 5.74) is 1.51. The lowest BCUT2D eigenvalue weighted by Crippen LogP contribution is -2.27. The zero-order chi connectivity index (χ0) is 12.2. The minimum absolute atomic E-state index is 1.17. The minimum Gasteiger partial charge on any atom is -0.299 e. The highest BCUT2D eigenvalue weighted by Gasteiger charge is 2.04. The Morgan fingerprint density at radius 2 is 1.44 bits per heavy atom. The van der Waals surface area contributed by atoms with Crippen LogP contribution in [0.1, 0.15) is 66.2 Å². The molecule has 1 heteroatoms. The van der Waals surface area contributed by atoms with Crippen LogP contribution < -0.4 is 0 Å². The molecule has 0 radical (unpaired) electrons. The van der Waals surface area contributed by atoms with Crippen LogP contribution in [0.4, 0.5) is 0 Å². The van der Waals surface area contributed by atoms with Crippen LogP contribution in [0.15, 0.2) is 11.6 Å². The molecule has 0 atom stereocenters. The van der Waals surface area contributed by atoms with Crippen LogP contribution in [0.2, 0.25) is 0 Å². The van der Waals surface area contributed by atoms with Crippen molar-refractivity contribution in [1.82, 2.24) is 4.90 Å². The SMILES string of the molecule is C/C=C(\C)CN(CCCCC)CCCCC. The van der Waals surface area contributed by atoms with Crippen molar-refractivity contribution >= 4 is 0 Å². The summed E-state index contributed by atoms with van der Waals surface area (Å²) < 4.78 is 0. The van der Waals surface area contributed by atoms with Crippen molar-refractivity contribution in [1.29, 1.82) is 0 Å². The largest absolute Gasteiger partial charge is 0.299 e. The van der Waals surface area contributed by atoms with E-state index in [0.29, 0.717) is 0 Å². The van der Waals surface area contributed by atoms with E-state index in [1.54, 1.807) is 0 Å². The van der Waals surface area contributed by atoms with Crippen molar-refractivity contribution in [3.63, 3.8) is 0 Å². The van der Waals surface area contributed by atoms with Crippen molar-refractivity contribution in [2.24, 2.45) is 0 Å². The molecule has 0 amide bonds. The number of hydrogen-bond acceptors (Lipinski definition) is 1. The molecule has 0 aromatic rings. The lowest BCUT2D eigenvalue weighted by atomic mass is 10.2. The van der Waals surface area contributed by atoms with E-state index in [1.807, 2.05) is 0 Å². The van der Waals surface area contributed by atoms with Crippen LogP contribution in [0.3, 0.4) is 0 Å². The monoisotopic (exact) mass is 225 g/mol. The zero-order valence-corrected chi connectivity index (χ0v) is 11.9. The highest BCUT2D eigenvalue weighted by molar-refractivity contribution is 4.98. The first-order valence-electron chi connectivity index (χ1n) is 7.08. The predicted molar refractivity (Wildman–Crippen MR) is 74.9 cm³/mol. The summed E-state index contributed by atoms with van der Waals surface area (Å²) in [6, 6.07) is 0. The van der Waals surface area contributed by atoms with E-state index in [-0.39, 0.29) is 0 Å². The fourth-order valence-electron chi connectivity index (χ4n) is 1.88. The second kappa shape index (κ2) is 11.2. The number of rotatable bonds is 10. The van der Waals surface area contributed by atoms with Crippen molar-refractivity contribution in [2.75, 3.05) is 19.6 Å². The van der Waals surface area contributed by atoms with Gasteiger partial charge in [0.25, 0.3) is 0 Å². The maximum atomic E-state index is 2.63. The van der Waals surface area contributed by atoms with Gasteiger partial charge < -0.3 is 0 Å². The summed E-state index contributed by atoms with van der Waals surface area (Å²) in [5, 5.41) is 0. The highest BCUT2D eigenvalue weighted by atomic mass is 15.1. The number of allylic oxidation sites excluding steroid dienone is 1. The Morgan fingerprint density at radius 3 is 1.81 bits per heavy atom. The summed E-state index contributed by atoms with van der Waals surface area (Å²) in [6.45, 7) is 12.7. The Kier molecular flexibility index (Phi) is 11.0. The molecular formula is C15H31N. The first-order chi connectivity index (χ1) is 7.74. The maximum absolute atomic E-state index is 2.63. The fraction of sp³-hybridized carbons (Fsp3) is 0.867. The molecule has 0 aliphatic heterocycles. The van der Waals surface area contributed by atoms with E-state index >= 15 is 0 Å². The quantitative estimate of drug-likeness (QED) is 0.387. The van der Waals surface area contributed by atoms with Gasteiger partial charge in [-0.2, -0.15) is 0 Å². The Balaban J connectivity index is 3.85. The number of nitrogens with zero attached hydrogens (tertiary/aromatic N) is 1. The van der Waals surface area contributed by atoms with E-state index in [4.69, 9.17) is 0 Å². The molecule has 0 rings (SSSR count). The molecule has 1 nitrogen and oxygen atoms in total. The van der Waals surface area contributed by atoms with Crippen LogP contribution in [-0.4, -0.2) is 24.5 Å². The average molecular weight is 225 g/mol. The topological polar surface area (TPSA) is 3.24 Å². The fourth-order valence-corrected chi connectivity index (χ4v) is 1.88. The van der Waals surface area contributed by atoms with Gasteiger partial charge in [-0.15, -0.1) is 0 Å². The molecule has 0 bridgehead atoms. The Bertz CT molecular complexity index is 162. The van der Waals surface area contributed by atoms with Gasteiger partial charge in [0.05, 0.1) is 0 Å². The molecule has 0 heterocycles. The average Bonchev–Trinajstić information content (AvgIpc) is 2.29. The van der Waals surface area contributed by atoms with Gasteiger partial charge in [-0.1, -0.05) is 51.2 Å².